The Morgan fingerprint density at radius 3 is 1.27 bits per heavy atom. The minimum Gasteiger partial charge on any atom is -0.462 e. The monoisotopic (exact) mass is 837 g/mol. The predicted molar refractivity (Wildman–Crippen MR) is 260 cm³/mol. The van der Waals surface area contributed by atoms with Crippen molar-refractivity contribution in [2.45, 2.75) is 245 Å². The Morgan fingerprint density at radius 1 is 0.383 bits per heavy atom. The molecule has 0 heterocycles. The van der Waals surface area contributed by atoms with E-state index in [1.807, 2.05) is 0 Å². The third-order valence-corrected chi connectivity index (χ3v) is 10.7. The van der Waals surface area contributed by atoms with E-state index < -0.39 is 6.10 Å². The van der Waals surface area contributed by atoms with Crippen LogP contribution in [-0.4, -0.2) is 37.9 Å². The van der Waals surface area contributed by atoms with Gasteiger partial charge in [0.2, 0.25) is 0 Å². The Balaban J connectivity index is 4.31. The van der Waals surface area contributed by atoms with Crippen molar-refractivity contribution in [1.82, 2.24) is 0 Å². The largest absolute Gasteiger partial charge is 0.462 e. The van der Waals surface area contributed by atoms with E-state index in [2.05, 4.69) is 93.7 Å². The van der Waals surface area contributed by atoms with Gasteiger partial charge in [-0.1, -0.05) is 216 Å². The van der Waals surface area contributed by atoms with Gasteiger partial charge in [0.25, 0.3) is 0 Å². The van der Waals surface area contributed by atoms with Gasteiger partial charge >= 0.3 is 11.9 Å². The van der Waals surface area contributed by atoms with Crippen LogP contribution in [-0.2, 0) is 23.8 Å². The number of carbonyl (C=O) groups is 2. The Kier molecular flexibility index (Phi) is 48.4. The van der Waals surface area contributed by atoms with E-state index in [-0.39, 0.29) is 25.2 Å². The van der Waals surface area contributed by atoms with Gasteiger partial charge in [0.15, 0.2) is 6.10 Å². The maximum atomic E-state index is 12.8. The number of ether oxygens (including phenoxy) is 3. The van der Waals surface area contributed by atoms with Crippen molar-refractivity contribution < 1.29 is 23.8 Å². The number of allylic oxidation sites excluding steroid dienone is 12. The normalized spacial score (nSPS) is 12.8. The van der Waals surface area contributed by atoms with Crippen LogP contribution < -0.4 is 0 Å². The molecule has 0 bridgehead atoms. The van der Waals surface area contributed by atoms with E-state index in [0.29, 0.717) is 19.4 Å². The van der Waals surface area contributed by atoms with Gasteiger partial charge in [-0.25, -0.2) is 0 Å². The highest BCUT2D eigenvalue weighted by Gasteiger charge is 2.17. The van der Waals surface area contributed by atoms with Gasteiger partial charge in [-0.2, -0.15) is 0 Å². The summed E-state index contributed by atoms with van der Waals surface area (Å²) in [6.07, 6.45) is 64.8. The molecule has 0 radical (unpaired) electrons. The van der Waals surface area contributed by atoms with Crippen LogP contribution in [0.2, 0.25) is 0 Å². The molecular weight excluding hydrogens is 741 g/mol. The van der Waals surface area contributed by atoms with Crippen LogP contribution >= 0.6 is 0 Å². The van der Waals surface area contributed by atoms with Gasteiger partial charge in [0.05, 0.1) is 6.61 Å². The van der Waals surface area contributed by atoms with Crippen molar-refractivity contribution in [2.24, 2.45) is 0 Å². The van der Waals surface area contributed by atoms with Crippen molar-refractivity contribution in [2.75, 3.05) is 19.8 Å². The third-order valence-electron chi connectivity index (χ3n) is 10.7. The van der Waals surface area contributed by atoms with Gasteiger partial charge in [-0.15, -0.1) is 0 Å². The average molecular weight is 837 g/mol. The van der Waals surface area contributed by atoms with Crippen LogP contribution in [0, 0.1) is 0 Å². The number of hydrogen-bond donors (Lipinski definition) is 0. The summed E-state index contributed by atoms with van der Waals surface area (Å²) >= 11 is 0. The maximum Gasteiger partial charge on any atom is 0.306 e. The molecule has 0 N–H and O–H groups in total. The van der Waals surface area contributed by atoms with E-state index in [9.17, 15) is 9.59 Å². The molecule has 0 spiro atoms. The molecule has 0 aliphatic carbocycles. The van der Waals surface area contributed by atoms with E-state index in [4.69, 9.17) is 14.2 Å². The number of rotatable bonds is 46. The number of esters is 2. The zero-order valence-corrected chi connectivity index (χ0v) is 39.7. The van der Waals surface area contributed by atoms with Crippen molar-refractivity contribution in [3.63, 3.8) is 0 Å². The second-order valence-electron chi connectivity index (χ2n) is 16.7. The molecule has 346 valence electrons. The topological polar surface area (TPSA) is 61.8 Å². The summed E-state index contributed by atoms with van der Waals surface area (Å²) in [4.78, 5) is 25.3. The molecule has 1 unspecified atom stereocenters. The Bertz CT molecular complexity index is 1080. The highest BCUT2D eigenvalue weighted by atomic mass is 16.6. The van der Waals surface area contributed by atoms with Crippen LogP contribution in [0.5, 0.6) is 0 Å². The molecule has 60 heavy (non-hydrogen) atoms. The van der Waals surface area contributed by atoms with Gasteiger partial charge in [-0.05, 0) is 83.5 Å². The first-order chi connectivity index (χ1) is 29.6. The minimum absolute atomic E-state index is 0.0541. The molecule has 0 fully saturated rings. The van der Waals surface area contributed by atoms with Gasteiger partial charge in [0, 0.05) is 19.4 Å². The lowest BCUT2D eigenvalue weighted by molar-refractivity contribution is -0.163. The standard InChI is InChI=1S/C55H96O5/c1-4-7-10-13-16-19-22-24-26-28-30-32-34-36-39-42-45-48-54(56)59-52-53(51-58-50-47-44-41-38-21-18-15-12-9-6-3)60-55(57)49-46-43-40-37-35-33-31-29-27-25-23-20-17-14-11-8-5-2/h7,10,16,19,24-27,30,32,36,39,53H,4-6,8-9,11-15,17-18,20-23,28-29,31,33-35,37-38,40-52H2,1-3H3/b10-7-,19-16-,26-24-,27-25-,32-30-,39-36-. The summed E-state index contributed by atoms with van der Waals surface area (Å²) < 4.78 is 17.3. The van der Waals surface area contributed by atoms with Crippen LogP contribution in [0.25, 0.3) is 0 Å². The molecule has 5 nitrogen and oxygen atoms in total. The Hall–Kier alpha value is -2.66. The minimum atomic E-state index is -0.560. The SMILES string of the molecule is CC/C=C\C/C=C\C/C=C\C/C=C\C/C=C\CCCC(=O)OCC(COCCCCCCCCCCCC)OC(=O)CCCCCCCCC/C=C\CCCCCCCC. The van der Waals surface area contributed by atoms with Gasteiger partial charge in [0.1, 0.15) is 6.61 Å². The Labute approximate surface area is 372 Å². The van der Waals surface area contributed by atoms with E-state index >= 15 is 0 Å². The first-order valence-corrected chi connectivity index (χ1v) is 25.5. The molecular formula is C55H96O5. The molecule has 0 aliphatic rings. The zero-order valence-electron chi connectivity index (χ0n) is 39.7. The third kappa shape index (κ3) is 48.0. The molecule has 0 saturated heterocycles. The van der Waals surface area contributed by atoms with Gasteiger partial charge < -0.3 is 14.2 Å². The smallest absolute Gasteiger partial charge is 0.306 e. The predicted octanol–water partition coefficient (Wildman–Crippen LogP) is 17.1. The number of hydrogen-bond acceptors (Lipinski definition) is 5. The fourth-order valence-corrected chi connectivity index (χ4v) is 6.95. The van der Waals surface area contributed by atoms with Crippen molar-refractivity contribution in [3.8, 4) is 0 Å². The number of carbonyl (C=O) groups excluding carboxylic acids is 2. The molecule has 0 aromatic carbocycles. The van der Waals surface area contributed by atoms with E-state index in [0.717, 1.165) is 77.0 Å². The molecule has 1 atom stereocenters. The summed E-state index contributed by atoms with van der Waals surface area (Å²) in [6.45, 7) is 7.65. The molecule has 0 aromatic rings. The Morgan fingerprint density at radius 2 is 0.767 bits per heavy atom. The zero-order chi connectivity index (χ0) is 43.5. The fraction of sp³-hybridized carbons (Fsp3) is 0.745. The summed E-state index contributed by atoms with van der Waals surface area (Å²) in [5.41, 5.74) is 0. The first kappa shape index (κ1) is 57.3. The fourth-order valence-electron chi connectivity index (χ4n) is 6.95. The molecule has 0 aliphatic heterocycles. The number of unbranched alkanes of at least 4 members (excludes halogenated alkanes) is 23. The van der Waals surface area contributed by atoms with Crippen molar-refractivity contribution >= 4 is 11.9 Å². The molecule has 0 saturated carbocycles. The van der Waals surface area contributed by atoms with E-state index in [1.165, 1.54) is 128 Å². The summed E-state index contributed by atoms with van der Waals surface area (Å²) in [6, 6.07) is 0. The summed E-state index contributed by atoms with van der Waals surface area (Å²) in [7, 11) is 0. The molecule has 0 aromatic heterocycles. The molecule has 0 rings (SSSR count). The lowest BCUT2D eigenvalue weighted by atomic mass is 10.1. The molecule has 5 heteroatoms. The van der Waals surface area contributed by atoms with Crippen molar-refractivity contribution in [3.05, 3.63) is 72.9 Å². The quantitative estimate of drug-likeness (QED) is 0.0347. The molecule has 0 amide bonds. The average Bonchev–Trinajstić information content (AvgIpc) is 3.25. The van der Waals surface area contributed by atoms with Crippen LogP contribution in [0.15, 0.2) is 72.9 Å². The summed E-state index contributed by atoms with van der Waals surface area (Å²) in [5, 5.41) is 0. The lowest BCUT2D eigenvalue weighted by Gasteiger charge is -2.18. The highest BCUT2D eigenvalue weighted by molar-refractivity contribution is 5.70. The van der Waals surface area contributed by atoms with E-state index in [1.54, 1.807) is 0 Å². The lowest BCUT2D eigenvalue weighted by Crippen LogP contribution is -2.30. The highest BCUT2D eigenvalue weighted by Crippen LogP contribution is 2.14. The second kappa shape index (κ2) is 50.7. The van der Waals surface area contributed by atoms with Crippen LogP contribution in [0.4, 0.5) is 0 Å². The van der Waals surface area contributed by atoms with Crippen LogP contribution in [0.1, 0.15) is 239 Å². The van der Waals surface area contributed by atoms with Crippen LogP contribution in [0.3, 0.4) is 0 Å². The second-order valence-corrected chi connectivity index (χ2v) is 16.7. The maximum absolute atomic E-state index is 12.8. The first-order valence-electron chi connectivity index (χ1n) is 25.5. The van der Waals surface area contributed by atoms with Gasteiger partial charge in [-0.3, -0.25) is 9.59 Å². The summed E-state index contributed by atoms with van der Waals surface area (Å²) in [5.74, 6) is -0.466. The van der Waals surface area contributed by atoms with Crippen molar-refractivity contribution in [1.29, 1.82) is 0 Å².